The SMILES string of the molecule is CC(O)COC(=O)c1c2ccc(OCC#N)cc2n2ccccc12. The van der Waals surface area contributed by atoms with Crippen molar-refractivity contribution in [1.29, 1.82) is 5.26 Å². The van der Waals surface area contributed by atoms with Crippen molar-refractivity contribution in [2.75, 3.05) is 13.2 Å². The molecule has 6 nitrogen and oxygen atoms in total. The number of carbonyl (C=O) groups excluding carboxylic acids is 1. The summed E-state index contributed by atoms with van der Waals surface area (Å²) < 4.78 is 12.4. The molecule has 0 spiro atoms. The Morgan fingerprint density at radius 2 is 2.17 bits per heavy atom. The van der Waals surface area contributed by atoms with Crippen molar-refractivity contribution in [1.82, 2.24) is 4.40 Å². The second-order valence-electron chi connectivity index (χ2n) is 5.40. The zero-order chi connectivity index (χ0) is 17.1. The van der Waals surface area contributed by atoms with Crippen LogP contribution < -0.4 is 4.74 Å². The van der Waals surface area contributed by atoms with Gasteiger partial charge in [-0.1, -0.05) is 6.07 Å². The van der Waals surface area contributed by atoms with E-state index in [9.17, 15) is 9.90 Å². The predicted octanol–water partition coefficient (Wildman–Crippen LogP) is 2.53. The van der Waals surface area contributed by atoms with Crippen LogP contribution in [0.2, 0.25) is 0 Å². The minimum absolute atomic E-state index is 0.0435. The molecule has 0 aliphatic rings. The van der Waals surface area contributed by atoms with E-state index in [2.05, 4.69) is 0 Å². The quantitative estimate of drug-likeness (QED) is 0.729. The normalized spacial score (nSPS) is 12.0. The van der Waals surface area contributed by atoms with Crippen molar-refractivity contribution in [2.24, 2.45) is 0 Å². The summed E-state index contributed by atoms with van der Waals surface area (Å²) in [5, 5.41) is 18.7. The molecule has 122 valence electrons. The molecule has 0 fully saturated rings. The number of rotatable bonds is 5. The minimum Gasteiger partial charge on any atom is -0.479 e. The maximum atomic E-state index is 12.5. The van der Waals surface area contributed by atoms with Crippen LogP contribution in [0.15, 0.2) is 42.6 Å². The van der Waals surface area contributed by atoms with Gasteiger partial charge in [-0.3, -0.25) is 0 Å². The summed E-state index contributed by atoms with van der Waals surface area (Å²) in [6, 6.07) is 12.7. The van der Waals surface area contributed by atoms with Crippen LogP contribution in [0.5, 0.6) is 5.75 Å². The molecule has 0 amide bonds. The Balaban J connectivity index is 2.13. The number of hydrogen-bond acceptors (Lipinski definition) is 5. The lowest BCUT2D eigenvalue weighted by molar-refractivity contribution is 0.0300. The number of hydrogen-bond donors (Lipinski definition) is 1. The molecule has 3 rings (SSSR count). The molecule has 3 aromatic rings. The molecule has 1 N–H and O–H groups in total. The average molecular weight is 324 g/mol. The van der Waals surface area contributed by atoms with Gasteiger partial charge in [-0.15, -0.1) is 0 Å². The van der Waals surface area contributed by atoms with Crippen molar-refractivity contribution in [3.8, 4) is 11.8 Å². The van der Waals surface area contributed by atoms with Crippen LogP contribution in [0.3, 0.4) is 0 Å². The first-order valence-electron chi connectivity index (χ1n) is 7.49. The summed E-state index contributed by atoms with van der Waals surface area (Å²) in [6.07, 6.45) is 1.12. The van der Waals surface area contributed by atoms with E-state index in [1.165, 1.54) is 0 Å². The molecule has 0 aliphatic heterocycles. The van der Waals surface area contributed by atoms with E-state index in [0.717, 1.165) is 10.9 Å². The van der Waals surface area contributed by atoms with Gasteiger partial charge in [0.05, 0.1) is 22.7 Å². The topological polar surface area (TPSA) is 84.0 Å². The van der Waals surface area contributed by atoms with Crippen LogP contribution >= 0.6 is 0 Å². The highest BCUT2D eigenvalue weighted by Gasteiger charge is 2.20. The van der Waals surface area contributed by atoms with Crippen molar-refractivity contribution in [3.63, 3.8) is 0 Å². The molecule has 0 saturated carbocycles. The molecule has 0 bridgehead atoms. The van der Waals surface area contributed by atoms with Crippen molar-refractivity contribution >= 4 is 22.4 Å². The van der Waals surface area contributed by atoms with Crippen LogP contribution in [0.25, 0.3) is 16.4 Å². The number of aliphatic hydroxyl groups is 1. The number of pyridine rings is 1. The third-order valence-corrected chi connectivity index (χ3v) is 3.58. The van der Waals surface area contributed by atoms with Gasteiger partial charge < -0.3 is 19.0 Å². The van der Waals surface area contributed by atoms with E-state index in [1.54, 1.807) is 25.1 Å². The Morgan fingerprint density at radius 1 is 1.33 bits per heavy atom. The van der Waals surface area contributed by atoms with Gasteiger partial charge in [0.1, 0.15) is 18.4 Å². The highest BCUT2D eigenvalue weighted by atomic mass is 16.5. The van der Waals surface area contributed by atoms with Crippen molar-refractivity contribution in [2.45, 2.75) is 13.0 Å². The lowest BCUT2D eigenvalue weighted by atomic mass is 10.1. The monoisotopic (exact) mass is 324 g/mol. The number of benzene rings is 1. The van der Waals surface area contributed by atoms with E-state index in [0.29, 0.717) is 16.8 Å². The van der Waals surface area contributed by atoms with Crippen LogP contribution in [-0.2, 0) is 4.74 Å². The number of nitrogens with zero attached hydrogens (tertiary/aromatic N) is 2. The summed E-state index contributed by atoms with van der Waals surface area (Å²) in [4.78, 5) is 12.5. The van der Waals surface area contributed by atoms with Crippen LogP contribution in [0.4, 0.5) is 0 Å². The largest absolute Gasteiger partial charge is 0.479 e. The molecular formula is C18H16N2O4. The minimum atomic E-state index is -0.722. The Hall–Kier alpha value is -3.04. The van der Waals surface area contributed by atoms with Crippen molar-refractivity contribution in [3.05, 3.63) is 48.2 Å². The summed E-state index contributed by atoms with van der Waals surface area (Å²) >= 11 is 0. The zero-order valence-electron chi connectivity index (χ0n) is 13.1. The molecule has 0 saturated heterocycles. The third kappa shape index (κ3) is 2.90. The molecule has 2 aromatic heterocycles. The first kappa shape index (κ1) is 15.8. The van der Waals surface area contributed by atoms with Gasteiger partial charge in [-0.05, 0) is 31.2 Å². The first-order chi connectivity index (χ1) is 11.6. The van der Waals surface area contributed by atoms with E-state index >= 15 is 0 Å². The van der Waals surface area contributed by atoms with E-state index < -0.39 is 12.1 Å². The molecule has 1 aromatic carbocycles. The maximum Gasteiger partial charge on any atom is 0.341 e. The number of aromatic nitrogens is 1. The maximum absolute atomic E-state index is 12.5. The Morgan fingerprint density at radius 3 is 2.92 bits per heavy atom. The summed E-state index contributed by atoms with van der Waals surface area (Å²) in [6.45, 7) is 1.45. The molecular weight excluding hydrogens is 308 g/mol. The number of ether oxygens (including phenoxy) is 2. The first-order valence-corrected chi connectivity index (χ1v) is 7.49. The van der Waals surface area contributed by atoms with Crippen molar-refractivity contribution < 1.29 is 19.4 Å². The average Bonchev–Trinajstić information content (AvgIpc) is 2.91. The standard InChI is InChI=1S/C18H16N2O4/c1-12(21)11-24-18(22)17-14-6-5-13(23-9-7-19)10-16(14)20-8-3-2-4-15(17)20/h2-6,8,10,12,21H,9,11H2,1H3. The third-order valence-electron chi connectivity index (χ3n) is 3.58. The lowest BCUT2D eigenvalue weighted by Gasteiger charge is -2.06. The molecule has 6 heteroatoms. The van der Waals surface area contributed by atoms with E-state index in [-0.39, 0.29) is 13.2 Å². The number of aliphatic hydroxyl groups excluding tert-OH is 1. The second kappa shape index (κ2) is 6.60. The molecule has 2 heterocycles. The van der Waals surface area contributed by atoms with Gasteiger partial charge >= 0.3 is 5.97 Å². The van der Waals surface area contributed by atoms with Gasteiger partial charge in [0.2, 0.25) is 0 Å². The number of fused-ring (bicyclic) bond motifs is 3. The fourth-order valence-electron chi connectivity index (χ4n) is 2.61. The van der Waals surface area contributed by atoms with Crippen LogP contribution in [0.1, 0.15) is 17.3 Å². The summed E-state index contributed by atoms with van der Waals surface area (Å²) in [7, 11) is 0. The fourth-order valence-corrected chi connectivity index (χ4v) is 2.61. The Kier molecular flexibility index (Phi) is 4.36. The van der Waals surface area contributed by atoms with Gasteiger partial charge in [-0.2, -0.15) is 5.26 Å². The van der Waals surface area contributed by atoms with Crippen LogP contribution in [0, 0.1) is 11.3 Å². The molecule has 1 atom stereocenters. The fraction of sp³-hybridized carbons (Fsp3) is 0.222. The Labute approximate surface area is 138 Å². The number of esters is 1. The molecule has 1 unspecified atom stereocenters. The van der Waals surface area contributed by atoms with Gasteiger partial charge in [0.15, 0.2) is 6.61 Å². The van der Waals surface area contributed by atoms with E-state index in [4.69, 9.17) is 14.7 Å². The number of nitriles is 1. The molecule has 0 aliphatic carbocycles. The summed E-state index contributed by atoms with van der Waals surface area (Å²) in [5.41, 5.74) is 1.93. The number of carbonyl (C=O) groups is 1. The summed E-state index contributed by atoms with van der Waals surface area (Å²) in [5.74, 6) is 0.0662. The lowest BCUT2D eigenvalue weighted by Crippen LogP contribution is -2.15. The highest BCUT2D eigenvalue weighted by molar-refractivity contribution is 6.11. The highest BCUT2D eigenvalue weighted by Crippen LogP contribution is 2.30. The van der Waals surface area contributed by atoms with Gasteiger partial charge in [0, 0.05) is 17.6 Å². The smallest absolute Gasteiger partial charge is 0.341 e. The molecule has 24 heavy (non-hydrogen) atoms. The van der Waals surface area contributed by atoms with Gasteiger partial charge in [-0.25, -0.2) is 4.79 Å². The zero-order valence-corrected chi connectivity index (χ0v) is 13.1. The Bertz CT molecular complexity index is 937. The second-order valence-corrected chi connectivity index (χ2v) is 5.40. The van der Waals surface area contributed by atoms with E-state index in [1.807, 2.05) is 34.9 Å². The van der Waals surface area contributed by atoms with Crippen LogP contribution in [-0.4, -0.2) is 34.8 Å². The molecule has 0 radical (unpaired) electrons. The van der Waals surface area contributed by atoms with Gasteiger partial charge in [0.25, 0.3) is 0 Å². The predicted molar refractivity (Wildman–Crippen MR) is 88.0 cm³/mol.